The largest absolute Gasteiger partial charge is 0.493 e. The SMILES string of the molecule is COc1ccc(C(=O)N/N=C/c2cccc(/C=N/NC(=O)c3ccc(OC)c(OC)c3)c2)cc1OC. The van der Waals surface area contributed by atoms with Crippen molar-refractivity contribution in [3.63, 3.8) is 0 Å². The number of nitrogens with zero attached hydrogens (tertiary/aromatic N) is 2. The first-order chi connectivity index (χ1) is 17.5. The minimum absolute atomic E-state index is 0.371. The van der Waals surface area contributed by atoms with E-state index in [9.17, 15) is 9.59 Å². The first-order valence-corrected chi connectivity index (χ1v) is 10.7. The Morgan fingerprint density at radius 2 is 1.03 bits per heavy atom. The van der Waals surface area contributed by atoms with E-state index in [1.54, 1.807) is 48.5 Å². The summed E-state index contributed by atoms with van der Waals surface area (Å²) in [5.41, 5.74) is 7.13. The van der Waals surface area contributed by atoms with Crippen LogP contribution in [0.4, 0.5) is 0 Å². The average molecular weight is 491 g/mol. The zero-order chi connectivity index (χ0) is 25.9. The number of carbonyl (C=O) groups excluding carboxylic acids is 2. The van der Waals surface area contributed by atoms with Gasteiger partial charge in [-0.15, -0.1) is 0 Å². The van der Waals surface area contributed by atoms with Crippen LogP contribution in [0, 0.1) is 0 Å². The summed E-state index contributed by atoms with van der Waals surface area (Å²) in [6, 6.07) is 16.9. The minimum Gasteiger partial charge on any atom is -0.493 e. The molecule has 0 atom stereocenters. The van der Waals surface area contributed by atoms with Crippen LogP contribution in [0.5, 0.6) is 23.0 Å². The van der Waals surface area contributed by atoms with Gasteiger partial charge in [-0.05, 0) is 53.6 Å². The fraction of sp³-hybridized carbons (Fsp3) is 0.154. The van der Waals surface area contributed by atoms with Crippen molar-refractivity contribution in [1.82, 2.24) is 10.9 Å². The molecule has 0 saturated carbocycles. The third-order valence-electron chi connectivity index (χ3n) is 4.96. The Morgan fingerprint density at radius 3 is 1.42 bits per heavy atom. The van der Waals surface area contributed by atoms with Gasteiger partial charge in [-0.25, -0.2) is 10.9 Å². The second-order valence-corrected chi connectivity index (χ2v) is 7.21. The summed E-state index contributed by atoms with van der Waals surface area (Å²) in [6.45, 7) is 0. The standard InChI is InChI=1S/C26H26N4O6/c1-33-21-10-8-19(13-23(21)35-3)25(31)29-27-15-17-6-5-7-18(12-17)16-28-30-26(32)20-9-11-22(34-2)24(14-20)36-4/h5-16H,1-4H3,(H,29,31)(H,30,32)/b27-15+,28-16+. The van der Waals surface area contributed by atoms with Crippen LogP contribution < -0.4 is 29.8 Å². The van der Waals surface area contributed by atoms with E-state index in [0.29, 0.717) is 34.1 Å². The maximum atomic E-state index is 12.4. The lowest BCUT2D eigenvalue weighted by Crippen LogP contribution is -2.18. The van der Waals surface area contributed by atoms with E-state index in [-0.39, 0.29) is 0 Å². The number of hydrazone groups is 2. The Kier molecular flexibility index (Phi) is 8.99. The maximum absolute atomic E-state index is 12.4. The van der Waals surface area contributed by atoms with Gasteiger partial charge in [0.15, 0.2) is 23.0 Å². The number of hydrogen-bond acceptors (Lipinski definition) is 8. The summed E-state index contributed by atoms with van der Waals surface area (Å²) >= 11 is 0. The maximum Gasteiger partial charge on any atom is 0.271 e. The van der Waals surface area contributed by atoms with E-state index >= 15 is 0 Å². The van der Waals surface area contributed by atoms with Crippen molar-refractivity contribution in [2.75, 3.05) is 28.4 Å². The highest BCUT2D eigenvalue weighted by Crippen LogP contribution is 2.28. The number of amides is 2. The molecule has 0 fully saturated rings. The molecule has 10 nitrogen and oxygen atoms in total. The van der Waals surface area contributed by atoms with Gasteiger partial charge in [-0.1, -0.05) is 18.2 Å². The van der Waals surface area contributed by atoms with Crippen molar-refractivity contribution in [2.24, 2.45) is 10.2 Å². The van der Waals surface area contributed by atoms with Gasteiger partial charge < -0.3 is 18.9 Å². The number of nitrogens with one attached hydrogen (secondary N) is 2. The molecule has 2 N–H and O–H groups in total. The third-order valence-corrected chi connectivity index (χ3v) is 4.96. The first kappa shape index (κ1) is 25.8. The quantitative estimate of drug-likeness (QED) is 0.333. The van der Waals surface area contributed by atoms with Crippen molar-refractivity contribution in [2.45, 2.75) is 0 Å². The predicted molar refractivity (Wildman–Crippen MR) is 136 cm³/mol. The molecule has 186 valence electrons. The van der Waals surface area contributed by atoms with E-state index in [1.165, 1.54) is 40.9 Å². The molecular weight excluding hydrogens is 464 g/mol. The Bertz CT molecular complexity index is 1190. The van der Waals surface area contributed by atoms with Gasteiger partial charge in [-0.3, -0.25) is 9.59 Å². The fourth-order valence-electron chi connectivity index (χ4n) is 3.13. The monoisotopic (exact) mass is 490 g/mol. The van der Waals surface area contributed by atoms with E-state index in [0.717, 1.165) is 11.1 Å². The molecule has 0 aliphatic carbocycles. The van der Waals surface area contributed by atoms with Gasteiger partial charge in [0.2, 0.25) is 0 Å². The van der Waals surface area contributed by atoms with Crippen molar-refractivity contribution in [3.8, 4) is 23.0 Å². The molecular formula is C26H26N4O6. The molecule has 0 saturated heterocycles. The molecule has 0 bridgehead atoms. The van der Waals surface area contributed by atoms with E-state index in [2.05, 4.69) is 21.1 Å². The topological polar surface area (TPSA) is 120 Å². The molecule has 0 unspecified atom stereocenters. The molecule has 3 rings (SSSR count). The second-order valence-electron chi connectivity index (χ2n) is 7.21. The highest BCUT2D eigenvalue weighted by atomic mass is 16.5. The fourth-order valence-corrected chi connectivity index (χ4v) is 3.13. The number of benzene rings is 3. The average Bonchev–Trinajstić information content (AvgIpc) is 2.92. The summed E-state index contributed by atoms with van der Waals surface area (Å²) in [6.07, 6.45) is 3.00. The molecule has 0 heterocycles. The molecule has 0 radical (unpaired) electrons. The van der Waals surface area contributed by atoms with Gasteiger partial charge in [0, 0.05) is 11.1 Å². The lowest BCUT2D eigenvalue weighted by Gasteiger charge is -2.08. The third kappa shape index (κ3) is 6.60. The number of rotatable bonds is 10. The van der Waals surface area contributed by atoms with Gasteiger partial charge >= 0.3 is 0 Å². The zero-order valence-electron chi connectivity index (χ0n) is 20.3. The molecule has 0 spiro atoms. The molecule has 2 amide bonds. The van der Waals surface area contributed by atoms with Crippen molar-refractivity contribution in [1.29, 1.82) is 0 Å². The molecule has 3 aromatic carbocycles. The Balaban J connectivity index is 1.59. The summed E-state index contributed by atoms with van der Waals surface area (Å²) < 4.78 is 20.8. The van der Waals surface area contributed by atoms with Gasteiger partial charge in [0.05, 0.1) is 40.9 Å². The van der Waals surface area contributed by atoms with Crippen LogP contribution >= 0.6 is 0 Å². The van der Waals surface area contributed by atoms with E-state index in [1.807, 2.05) is 12.1 Å². The minimum atomic E-state index is -0.400. The predicted octanol–water partition coefficient (Wildman–Crippen LogP) is 3.25. The van der Waals surface area contributed by atoms with E-state index in [4.69, 9.17) is 18.9 Å². The smallest absolute Gasteiger partial charge is 0.271 e. The molecule has 36 heavy (non-hydrogen) atoms. The summed E-state index contributed by atoms with van der Waals surface area (Å²) in [7, 11) is 6.03. The molecule has 0 aromatic heterocycles. The number of ether oxygens (including phenoxy) is 4. The zero-order valence-corrected chi connectivity index (χ0v) is 20.3. The van der Waals surface area contributed by atoms with Crippen molar-refractivity contribution >= 4 is 24.2 Å². The van der Waals surface area contributed by atoms with Crippen LogP contribution in [0.15, 0.2) is 70.9 Å². The van der Waals surface area contributed by atoms with Gasteiger partial charge in [0.1, 0.15) is 0 Å². The summed E-state index contributed by atoms with van der Waals surface area (Å²) in [4.78, 5) is 24.7. The summed E-state index contributed by atoms with van der Waals surface area (Å²) in [5, 5.41) is 8.01. The highest BCUT2D eigenvalue weighted by molar-refractivity contribution is 5.96. The van der Waals surface area contributed by atoms with Crippen LogP contribution in [-0.2, 0) is 0 Å². The second kappa shape index (κ2) is 12.6. The Morgan fingerprint density at radius 1 is 0.611 bits per heavy atom. The lowest BCUT2D eigenvalue weighted by molar-refractivity contribution is 0.0946. The van der Waals surface area contributed by atoms with Gasteiger partial charge in [-0.2, -0.15) is 10.2 Å². The van der Waals surface area contributed by atoms with Crippen LogP contribution in [0.3, 0.4) is 0 Å². The molecule has 0 aliphatic rings. The summed E-state index contributed by atoms with van der Waals surface area (Å²) in [5.74, 6) is 1.14. The normalized spacial score (nSPS) is 10.8. The van der Waals surface area contributed by atoms with Crippen LogP contribution in [0.1, 0.15) is 31.8 Å². The van der Waals surface area contributed by atoms with E-state index < -0.39 is 11.8 Å². The van der Waals surface area contributed by atoms with Crippen LogP contribution in [0.25, 0.3) is 0 Å². The van der Waals surface area contributed by atoms with Crippen molar-refractivity contribution < 1.29 is 28.5 Å². The highest BCUT2D eigenvalue weighted by Gasteiger charge is 2.11. The van der Waals surface area contributed by atoms with Crippen LogP contribution in [0.2, 0.25) is 0 Å². The van der Waals surface area contributed by atoms with Crippen LogP contribution in [-0.4, -0.2) is 52.7 Å². The van der Waals surface area contributed by atoms with Gasteiger partial charge in [0.25, 0.3) is 11.8 Å². The molecule has 10 heteroatoms. The molecule has 3 aromatic rings. The lowest BCUT2D eigenvalue weighted by atomic mass is 10.1. The molecule has 0 aliphatic heterocycles. The number of hydrogen-bond donors (Lipinski definition) is 2. The number of carbonyl (C=O) groups is 2. The Labute approximate surface area is 208 Å². The Hall–Kier alpha value is -4.86. The number of methoxy groups -OCH3 is 4. The van der Waals surface area contributed by atoms with Crippen molar-refractivity contribution in [3.05, 3.63) is 82.9 Å². The first-order valence-electron chi connectivity index (χ1n) is 10.7.